The first-order valence-electron chi connectivity index (χ1n) is 6.20. The third-order valence-electron chi connectivity index (χ3n) is 3.30. The molecular formula is C13H22N2O. The van der Waals surface area contributed by atoms with Crippen molar-refractivity contribution in [2.24, 2.45) is 0 Å². The van der Waals surface area contributed by atoms with Crippen LogP contribution in [-0.2, 0) is 17.8 Å². The molecule has 0 aromatic carbocycles. The summed E-state index contributed by atoms with van der Waals surface area (Å²) < 4.78 is 7.76. The van der Waals surface area contributed by atoms with E-state index in [2.05, 4.69) is 42.1 Å². The lowest BCUT2D eigenvalue weighted by molar-refractivity contribution is 0.171. The van der Waals surface area contributed by atoms with Gasteiger partial charge >= 0.3 is 0 Å². The number of nitrogens with zero attached hydrogens (tertiary/aromatic N) is 1. The lowest BCUT2D eigenvalue weighted by atomic mass is 10.0. The van der Waals surface area contributed by atoms with E-state index in [0.29, 0.717) is 0 Å². The molecule has 3 heteroatoms. The lowest BCUT2D eigenvalue weighted by Gasteiger charge is -2.24. The number of ether oxygens (including phenoxy) is 1. The Hall–Kier alpha value is -0.800. The third kappa shape index (κ3) is 2.66. The summed E-state index contributed by atoms with van der Waals surface area (Å²) in [4.78, 5) is 0. The van der Waals surface area contributed by atoms with E-state index in [1.807, 2.05) is 0 Å². The highest BCUT2D eigenvalue weighted by Crippen LogP contribution is 2.18. The van der Waals surface area contributed by atoms with Gasteiger partial charge in [0.25, 0.3) is 0 Å². The highest BCUT2D eigenvalue weighted by atomic mass is 16.5. The molecule has 16 heavy (non-hydrogen) atoms. The zero-order valence-corrected chi connectivity index (χ0v) is 10.3. The summed E-state index contributed by atoms with van der Waals surface area (Å²) in [6.07, 6.45) is 4.46. The molecule has 90 valence electrons. The van der Waals surface area contributed by atoms with E-state index >= 15 is 0 Å². The molecule has 1 aromatic rings. The summed E-state index contributed by atoms with van der Waals surface area (Å²) in [5.41, 5.74) is 1.54. The molecule has 0 saturated carbocycles. The molecule has 0 bridgehead atoms. The maximum atomic E-state index is 5.44. The van der Waals surface area contributed by atoms with Crippen LogP contribution in [0.1, 0.15) is 32.4 Å². The quantitative estimate of drug-likeness (QED) is 0.826. The SMILES string of the molecule is CCCn1cccc1CNC1(C)CCOC1. The van der Waals surface area contributed by atoms with Crippen molar-refractivity contribution in [2.75, 3.05) is 13.2 Å². The van der Waals surface area contributed by atoms with E-state index in [4.69, 9.17) is 4.74 Å². The highest BCUT2D eigenvalue weighted by molar-refractivity contribution is 5.07. The number of aryl methyl sites for hydroxylation is 1. The van der Waals surface area contributed by atoms with Crippen LogP contribution < -0.4 is 5.32 Å². The van der Waals surface area contributed by atoms with E-state index in [9.17, 15) is 0 Å². The van der Waals surface area contributed by atoms with Crippen LogP contribution in [0.2, 0.25) is 0 Å². The molecule has 1 saturated heterocycles. The molecule has 1 atom stereocenters. The largest absolute Gasteiger partial charge is 0.379 e. The van der Waals surface area contributed by atoms with Crippen molar-refractivity contribution in [1.82, 2.24) is 9.88 Å². The molecule has 1 unspecified atom stereocenters. The second-order valence-corrected chi connectivity index (χ2v) is 4.91. The molecule has 0 amide bonds. The molecule has 0 radical (unpaired) electrons. The van der Waals surface area contributed by atoms with Gasteiger partial charge in [-0.1, -0.05) is 6.92 Å². The van der Waals surface area contributed by atoms with Crippen molar-refractivity contribution < 1.29 is 4.74 Å². The molecular weight excluding hydrogens is 200 g/mol. The minimum absolute atomic E-state index is 0.168. The summed E-state index contributed by atoms with van der Waals surface area (Å²) >= 11 is 0. The highest BCUT2D eigenvalue weighted by Gasteiger charge is 2.28. The first-order chi connectivity index (χ1) is 7.73. The van der Waals surface area contributed by atoms with Crippen molar-refractivity contribution in [3.8, 4) is 0 Å². The topological polar surface area (TPSA) is 26.2 Å². The van der Waals surface area contributed by atoms with Gasteiger partial charge in [-0.3, -0.25) is 0 Å². The van der Waals surface area contributed by atoms with E-state index in [-0.39, 0.29) is 5.54 Å². The normalized spacial score (nSPS) is 25.1. The Morgan fingerprint density at radius 3 is 3.12 bits per heavy atom. The van der Waals surface area contributed by atoms with Crippen molar-refractivity contribution in [3.63, 3.8) is 0 Å². The third-order valence-corrected chi connectivity index (χ3v) is 3.30. The number of aromatic nitrogens is 1. The van der Waals surface area contributed by atoms with Crippen molar-refractivity contribution >= 4 is 0 Å². The standard InChI is InChI=1S/C13H22N2O/c1-3-7-15-8-4-5-12(15)10-14-13(2)6-9-16-11-13/h4-5,8,14H,3,6-7,9-11H2,1-2H3. The molecule has 3 nitrogen and oxygen atoms in total. The van der Waals surface area contributed by atoms with Gasteiger partial charge in [0.2, 0.25) is 0 Å². The summed E-state index contributed by atoms with van der Waals surface area (Å²) in [6, 6.07) is 4.32. The summed E-state index contributed by atoms with van der Waals surface area (Å²) in [6.45, 7) is 8.22. The molecule has 1 fully saturated rings. The second kappa shape index (κ2) is 5.02. The van der Waals surface area contributed by atoms with Gasteiger partial charge in [-0.15, -0.1) is 0 Å². The van der Waals surface area contributed by atoms with Gasteiger partial charge in [0.05, 0.1) is 6.61 Å². The van der Waals surface area contributed by atoms with E-state index in [1.165, 1.54) is 12.1 Å². The molecule has 2 rings (SSSR count). The van der Waals surface area contributed by atoms with Crippen molar-refractivity contribution in [1.29, 1.82) is 0 Å². The van der Waals surface area contributed by atoms with E-state index in [0.717, 1.165) is 32.7 Å². The van der Waals surface area contributed by atoms with Gasteiger partial charge in [0, 0.05) is 37.1 Å². The van der Waals surface area contributed by atoms with Gasteiger partial charge in [-0.2, -0.15) is 0 Å². The summed E-state index contributed by atoms with van der Waals surface area (Å²) in [5, 5.41) is 3.61. The van der Waals surface area contributed by atoms with Crippen molar-refractivity contribution in [2.45, 2.75) is 45.3 Å². The molecule has 2 heterocycles. The molecule has 0 spiro atoms. The molecule has 1 aliphatic rings. The Kier molecular flexibility index (Phi) is 3.66. The maximum Gasteiger partial charge on any atom is 0.0646 e. The predicted octanol–water partition coefficient (Wildman–Crippen LogP) is 2.17. The Balaban J connectivity index is 1.91. The Bertz CT molecular complexity index is 326. The van der Waals surface area contributed by atoms with Gasteiger partial charge in [-0.05, 0) is 31.9 Å². The van der Waals surface area contributed by atoms with E-state index in [1.54, 1.807) is 0 Å². The van der Waals surface area contributed by atoms with Crippen molar-refractivity contribution in [3.05, 3.63) is 24.0 Å². The van der Waals surface area contributed by atoms with E-state index < -0.39 is 0 Å². The lowest BCUT2D eigenvalue weighted by Crippen LogP contribution is -2.42. The monoisotopic (exact) mass is 222 g/mol. The maximum absolute atomic E-state index is 5.44. The fourth-order valence-corrected chi connectivity index (χ4v) is 2.18. The average molecular weight is 222 g/mol. The average Bonchev–Trinajstić information content (AvgIpc) is 2.86. The number of hydrogen-bond donors (Lipinski definition) is 1. The smallest absolute Gasteiger partial charge is 0.0646 e. The minimum Gasteiger partial charge on any atom is -0.379 e. The molecule has 1 aliphatic heterocycles. The fourth-order valence-electron chi connectivity index (χ4n) is 2.18. The number of nitrogens with one attached hydrogen (secondary N) is 1. The second-order valence-electron chi connectivity index (χ2n) is 4.91. The number of rotatable bonds is 5. The first-order valence-corrected chi connectivity index (χ1v) is 6.20. The van der Waals surface area contributed by atoms with Crippen LogP contribution in [0.15, 0.2) is 18.3 Å². The zero-order chi connectivity index (χ0) is 11.4. The summed E-state index contributed by atoms with van der Waals surface area (Å²) in [5.74, 6) is 0. The predicted molar refractivity (Wildman–Crippen MR) is 65.4 cm³/mol. The fraction of sp³-hybridized carbons (Fsp3) is 0.692. The van der Waals surface area contributed by atoms with Crippen LogP contribution in [0.25, 0.3) is 0 Å². The van der Waals surface area contributed by atoms with Crippen LogP contribution in [0.5, 0.6) is 0 Å². The van der Waals surface area contributed by atoms with Gasteiger partial charge in [0.15, 0.2) is 0 Å². The molecule has 1 aromatic heterocycles. The zero-order valence-electron chi connectivity index (χ0n) is 10.3. The Morgan fingerprint density at radius 1 is 1.56 bits per heavy atom. The Morgan fingerprint density at radius 2 is 2.44 bits per heavy atom. The van der Waals surface area contributed by atoms with Gasteiger partial charge in [-0.25, -0.2) is 0 Å². The number of hydrogen-bond acceptors (Lipinski definition) is 2. The first kappa shape index (κ1) is 11.7. The molecule has 1 N–H and O–H groups in total. The van der Waals surface area contributed by atoms with Gasteiger partial charge in [0.1, 0.15) is 0 Å². The van der Waals surface area contributed by atoms with Crippen LogP contribution in [0, 0.1) is 0 Å². The minimum atomic E-state index is 0.168. The van der Waals surface area contributed by atoms with Gasteiger partial charge < -0.3 is 14.6 Å². The van der Waals surface area contributed by atoms with Crippen LogP contribution in [0.4, 0.5) is 0 Å². The van der Waals surface area contributed by atoms with Crippen LogP contribution in [-0.4, -0.2) is 23.3 Å². The molecule has 0 aliphatic carbocycles. The summed E-state index contributed by atoms with van der Waals surface area (Å²) in [7, 11) is 0. The van der Waals surface area contributed by atoms with Crippen LogP contribution in [0.3, 0.4) is 0 Å². The Labute approximate surface area is 97.8 Å². The van der Waals surface area contributed by atoms with Crippen LogP contribution >= 0.6 is 0 Å².